The molecule has 0 aromatic heterocycles. The van der Waals surface area contributed by atoms with Crippen LogP contribution in [0.3, 0.4) is 0 Å². The smallest absolute Gasteiger partial charge is 0.317 e. The summed E-state index contributed by atoms with van der Waals surface area (Å²) in [6.07, 6.45) is 7.48. The summed E-state index contributed by atoms with van der Waals surface area (Å²) in [6.45, 7) is 2.79. The fourth-order valence-corrected chi connectivity index (χ4v) is 3.82. The van der Waals surface area contributed by atoms with Gasteiger partial charge in [-0.3, -0.25) is 0 Å². The molecular formula is C19H26N2O2. The molecule has 4 nitrogen and oxygen atoms in total. The lowest BCUT2D eigenvalue weighted by atomic mass is 9.97. The summed E-state index contributed by atoms with van der Waals surface area (Å²) in [6, 6.07) is 8.94. The van der Waals surface area contributed by atoms with E-state index in [2.05, 4.69) is 23.2 Å². The molecule has 0 saturated carbocycles. The summed E-state index contributed by atoms with van der Waals surface area (Å²) in [5.74, 6) is 0.863. The molecule has 2 amide bonds. The Morgan fingerprint density at radius 3 is 2.48 bits per heavy atom. The Hall–Kier alpha value is -1.97. The molecule has 124 valence electrons. The summed E-state index contributed by atoms with van der Waals surface area (Å²) in [7, 11) is 1.67. The van der Waals surface area contributed by atoms with Crippen LogP contribution in [0.2, 0.25) is 0 Å². The maximum Gasteiger partial charge on any atom is 0.317 e. The van der Waals surface area contributed by atoms with Gasteiger partial charge in [0.15, 0.2) is 0 Å². The fourth-order valence-electron chi connectivity index (χ4n) is 3.82. The second kappa shape index (κ2) is 7.07. The Morgan fingerprint density at radius 1 is 1.26 bits per heavy atom. The van der Waals surface area contributed by atoms with E-state index in [4.69, 9.17) is 4.74 Å². The highest BCUT2D eigenvalue weighted by Gasteiger charge is 2.40. The van der Waals surface area contributed by atoms with Crippen LogP contribution < -0.4 is 10.1 Å². The molecule has 2 unspecified atom stereocenters. The predicted octanol–water partition coefficient (Wildman–Crippen LogP) is 3.52. The third-order valence-electron chi connectivity index (χ3n) is 5.11. The number of carbonyl (C=O) groups is 1. The van der Waals surface area contributed by atoms with Gasteiger partial charge in [-0.15, -0.1) is 0 Å². The molecule has 2 aliphatic rings. The van der Waals surface area contributed by atoms with Gasteiger partial charge in [0.2, 0.25) is 0 Å². The number of hydrogen-bond donors (Lipinski definition) is 1. The molecule has 0 spiro atoms. The molecular weight excluding hydrogens is 288 g/mol. The number of ether oxygens (including phenoxy) is 1. The van der Waals surface area contributed by atoms with Gasteiger partial charge in [0.1, 0.15) is 5.75 Å². The number of piperidine rings is 1. The molecule has 23 heavy (non-hydrogen) atoms. The number of nitrogens with one attached hydrogen (secondary N) is 1. The van der Waals surface area contributed by atoms with Crippen LogP contribution in [0.25, 0.3) is 0 Å². The number of carbonyl (C=O) groups excluding carboxylic acids is 1. The highest BCUT2D eigenvalue weighted by atomic mass is 16.5. The summed E-state index contributed by atoms with van der Waals surface area (Å²) < 4.78 is 5.16. The van der Waals surface area contributed by atoms with Gasteiger partial charge in [-0.1, -0.05) is 23.8 Å². The van der Waals surface area contributed by atoms with Crippen LogP contribution in [0, 0.1) is 0 Å². The van der Waals surface area contributed by atoms with Gasteiger partial charge in [0.25, 0.3) is 0 Å². The molecule has 4 heteroatoms. The monoisotopic (exact) mass is 314 g/mol. The van der Waals surface area contributed by atoms with E-state index in [1.54, 1.807) is 7.11 Å². The summed E-state index contributed by atoms with van der Waals surface area (Å²) >= 11 is 0. The van der Waals surface area contributed by atoms with E-state index in [0.29, 0.717) is 18.6 Å². The molecule has 2 saturated heterocycles. The quantitative estimate of drug-likeness (QED) is 0.864. The van der Waals surface area contributed by atoms with Crippen molar-refractivity contribution in [3.05, 3.63) is 41.5 Å². The number of nitrogens with zero attached hydrogens (tertiary/aromatic N) is 1. The van der Waals surface area contributed by atoms with Crippen molar-refractivity contribution in [2.45, 2.75) is 51.1 Å². The van der Waals surface area contributed by atoms with Gasteiger partial charge in [-0.25, -0.2) is 4.79 Å². The lowest BCUT2D eigenvalue weighted by molar-refractivity contribution is 0.161. The molecule has 0 radical (unpaired) electrons. The molecule has 2 heterocycles. The van der Waals surface area contributed by atoms with Crippen molar-refractivity contribution in [1.82, 2.24) is 10.2 Å². The normalized spacial score (nSPS) is 22.9. The summed E-state index contributed by atoms with van der Waals surface area (Å²) in [5, 5.41) is 3.10. The summed E-state index contributed by atoms with van der Waals surface area (Å²) in [4.78, 5) is 14.6. The van der Waals surface area contributed by atoms with Crippen molar-refractivity contribution in [3.63, 3.8) is 0 Å². The van der Waals surface area contributed by atoms with Crippen molar-refractivity contribution >= 4 is 6.03 Å². The average molecular weight is 314 g/mol. The third kappa shape index (κ3) is 3.52. The number of hydrogen-bond acceptors (Lipinski definition) is 2. The van der Waals surface area contributed by atoms with Crippen molar-refractivity contribution in [1.29, 1.82) is 0 Å². The van der Waals surface area contributed by atoms with E-state index in [1.165, 1.54) is 11.1 Å². The highest BCUT2D eigenvalue weighted by molar-refractivity contribution is 5.75. The molecule has 0 aliphatic carbocycles. The Kier molecular flexibility index (Phi) is 4.89. The Morgan fingerprint density at radius 2 is 1.91 bits per heavy atom. The third-order valence-corrected chi connectivity index (χ3v) is 5.11. The number of fused-ring (bicyclic) bond motifs is 2. The van der Waals surface area contributed by atoms with Crippen LogP contribution in [0.5, 0.6) is 5.75 Å². The van der Waals surface area contributed by atoms with Crippen LogP contribution in [-0.2, 0) is 6.42 Å². The number of rotatable bonds is 4. The molecule has 2 aliphatic heterocycles. The highest BCUT2D eigenvalue weighted by Crippen LogP contribution is 2.38. The van der Waals surface area contributed by atoms with Crippen LogP contribution >= 0.6 is 0 Å². The van der Waals surface area contributed by atoms with E-state index in [0.717, 1.165) is 37.9 Å². The van der Waals surface area contributed by atoms with E-state index >= 15 is 0 Å². The zero-order valence-electron chi connectivity index (χ0n) is 14.0. The lowest BCUT2D eigenvalue weighted by Crippen LogP contribution is -2.49. The number of benzene rings is 1. The number of methoxy groups -OCH3 is 1. The lowest BCUT2D eigenvalue weighted by Gasteiger charge is -2.36. The summed E-state index contributed by atoms with van der Waals surface area (Å²) in [5.41, 5.74) is 2.73. The topological polar surface area (TPSA) is 41.6 Å². The van der Waals surface area contributed by atoms with Gasteiger partial charge in [0.05, 0.1) is 7.11 Å². The average Bonchev–Trinajstić information content (AvgIpc) is 2.85. The number of urea groups is 1. The minimum atomic E-state index is 0.112. The Balaban J connectivity index is 1.50. The molecule has 2 atom stereocenters. The van der Waals surface area contributed by atoms with E-state index in [1.807, 2.05) is 24.3 Å². The minimum absolute atomic E-state index is 0.112. The zero-order chi connectivity index (χ0) is 16.2. The number of amides is 2. The molecule has 2 fully saturated rings. The van der Waals surface area contributed by atoms with Crippen LogP contribution in [0.4, 0.5) is 4.79 Å². The maximum absolute atomic E-state index is 12.5. The minimum Gasteiger partial charge on any atom is -0.497 e. The van der Waals surface area contributed by atoms with Crippen molar-refractivity contribution in [3.8, 4) is 5.75 Å². The van der Waals surface area contributed by atoms with E-state index < -0.39 is 0 Å². The standard InChI is InChI=1S/C19H26N2O2/c1-3-14-12-16-6-7-17(13-14)21(16)19(22)20-11-10-15-4-8-18(23-2)9-5-15/h3-5,8-9,16-17H,6-7,10-13H2,1-2H3,(H,20,22). The first-order valence-electron chi connectivity index (χ1n) is 8.54. The van der Waals surface area contributed by atoms with Crippen LogP contribution in [0.1, 0.15) is 38.2 Å². The SMILES string of the molecule is CC=C1CC2CCC(C1)N2C(=O)NCCc1ccc(OC)cc1. The maximum atomic E-state index is 12.5. The molecule has 1 aromatic carbocycles. The first-order valence-corrected chi connectivity index (χ1v) is 8.54. The number of allylic oxidation sites excluding steroid dienone is 1. The van der Waals surface area contributed by atoms with Gasteiger partial charge in [-0.2, -0.15) is 0 Å². The second-order valence-corrected chi connectivity index (χ2v) is 6.48. The van der Waals surface area contributed by atoms with Crippen molar-refractivity contribution in [2.75, 3.05) is 13.7 Å². The first kappa shape index (κ1) is 15.9. The molecule has 1 N–H and O–H groups in total. The zero-order valence-corrected chi connectivity index (χ0v) is 14.0. The van der Waals surface area contributed by atoms with Crippen molar-refractivity contribution in [2.24, 2.45) is 0 Å². The fraction of sp³-hybridized carbons (Fsp3) is 0.526. The van der Waals surface area contributed by atoms with Gasteiger partial charge in [-0.05, 0) is 56.7 Å². The second-order valence-electron chi connectivity index (χ2n) is 6.48. The van der Waals surface area contributed by atoms with Crippen molar-refractivity contribution < 1.29 is 9.53 Å². The predicted molar refractivity (Wildman–Crippen MR) is 91.7 cm³/mol. The first-order chi connectivity index (χ1) is 11.2. The van der Waals surface area contributed by atoms with Gasteiger partial charge < -0.3 is 15.0 Å². The molecule has 1 aromatic rings. The van der Waals surface area contributed by atoms with Gasteiger partial charge in [0, 0.05) is 18.6 Å². The van der Waals surface area contributed by atoms with E-state index in [9.17, 15) is 4.79 Å². The van der Waals surface area contributed by atoms with Crippen LogP contribution in [-0.4, -0.2) is 36.7 Å². The van der Waals surface area contributed by atoms with Crippen LogP contribution in [0.15, 0.2) is 35.9 Å². The largest absolute Gasteiger partial charge is 0.497 e. The van der Waals surface area contributed by atoms with Gasteiger partial charge >= 0.3 is 6.03 Å². The van der Waals surface area contributed by atoms with E-state index in [-0.39, 0.29) is 6.03 Å². The Labute approximate surface area is 138 Å². The Bertz CT molecular complexity index is 564. The molecule has 3 rings (SSSR count). The molecule has 2 bridgehead atoms.